The van der Waals surface area contributed by atoms with Crippen LogP contribution in [-0.2, 0) is 38.3 Å². The van der Waals surface area contributed by atoms with Gasteiger partial charge in [0.2, 0.25) is 11.8 Å². The molecule has 0 saturated carbocycles. The predicted octanol–water partition coefficient (Wildman–Crippen LogP) is 5.20. The Morgan fingerprint density at radius 1 is 0.683 bits per heavy atom. The Labute approximate surface area is 239 Å². The molecular formula is C33H34N2O6. The number of rotatable bonds is 11. The summed E-state index contributed by atoms with van der Waals surface area (Å²) in [7, 11) is 0. The summed E-state index contributed by atoms with van der Waals surface area (Å²) in [4.78, 5) is 54.7. The van der Waals surface area contributed by atoms with Gasteiger partial charge in [0.1, 0.15) is 13.2 Å². The molecular weight excluding hydrogens is 520 g/mol. The number of carbonyl (C=O) groups is 4. The Bertz CT molecular complexity index is 1350. The molecule has 3 atom stereocenters. The molecule has 0 unspecified atom stereocenters. The standard InChI is InChI=1S/C33H34N2O6/c36-30(34-28(22-40-32(34)38)20-25-13-6-2-7-14-25)18-10-17-27(19-24-11-4-1-5-12-24)31(37)35-29(23-41-33(35)39)21-26-15-8-3-9-16-26/h1-9,11-16,27-29H,10,17-23H2/t27-,28+,29+/m1/s1. The molecule has 0 N–H and O–H groups in total. The van der Waals surface area contributed by atoms with Gasteiger partial charge in [-0.15, -0.1) is 0 Å². The molecule has 2 heterocycles. The van der Waals surface area contributed by atoms with E-state index >= 15 is 0 Å². The molecule has 2 fully saturated rings. The van der Waals surface area contributed by atoms with Crippen LogP contribution in [0.3, 0.4) is 0 Å². The second kappa shape index (κ2) is 13.3. The van der Waals surface area contributed by atoms with Gasteiger partial charge in [-0.05, 0) is 48.8 Å². The number of ether oxygens (including phenoxy) is 2. The van der Waals surface area contributed by atoms with Crippen LogP contribution in [0.4, 0.5) is 9.59 Å². The normalized spacial score (nSPS) is 19.1. The van der Waals surface area contributed by atoms with E-state index in [1.165, 1.54) is 9.80 Å². The molecule has 3 aromatic rings. The highest BCUT2D eigenvalue weighted by Crippen LogP contribution is 2.26. The van der Waals surface area contributed by atoms with Crippen molar-refractivity contribution in [1.29, 1.82) is 0 Å². The van der Waals surface area contributed by atoms with Gasteiger partial charge in [0.05, 0.1) is 12.1 Å². The van der Waals surface area contributed by atoms with Gasteiger partial charge in [-0.25, -0.2) is 19.4 Å². The predicted molar refractivity (Wildman–Crippen MR) is 152 cm³/mol. The van der Waals surface area contributed by atoms with Crippen molar-refractivity contribution in [2.45, 2.75) is 50.6 Å². The molecule has 212 valence electrons. The van der Waals surface area contributed by atoms with Gasteiger partial charge < -0.3 is 9.47 Å². The molecule has 0 spiro atoms. The third-order valence-corrected chi connectivity index (χ3v) is 7.67. The van der Waals surface area contributed by atoms with Crippen LogP contribution in [0, 0.1) is 5.92 Å². The van der Waals surface area contributed by atoms with Gasteiger partial charge in [-0.1, -0.05) is 91.0 Å². The Balaban J connectivity index is 1.25. The fourth-order valence-corrected chi connectivity index (χ4v) is 5.60. The minimum absolute atomic E-state index is 0.0941. The molecule has 4 amide bonds. The molecule has 0 aromatic heterocycles. The minimum Gasteiger partial charge on any atom is -0.447 e. The minimum atomic E-state index is -0.631. The summed E-state index contributed by atoms with van der Waals surface area (Å²) in [6.45, 7) is 0.310. The van der Waals surface area contributed by atoms with E-state index in [9.17, 15) is 19.2 Å². The number of nitrogens with zero attached hydrogens (tertiary/aromatic N) is 2. The SMILES string of the molecule is O=C(CCC[C@H](Cc1ccccc1)C(=O)N1C(=O)OC[C@@H]1Cc1ccccc1)N1C(=O)OC[C@@H]1Cc1ccccc1. The van der Waals surface area contributed by atoms with E-state index in [1.54, 1.807) is 0 Å². The van der Waals surface area contributed by atoms with Gasteiger partial charge in [0.25, 0.3) is 0 Å². The van der Waals surface area contributed by atoms with Crippen LogP contribution in [0.5, 0.6) is 0 Å². The topological polar surface area (TPSA) is 93.2 Å². The lowest BCUT2D eigenvalue weighted by Crippen LogP contribution is -2.44. The molecule has 0 radical (unpaired) electrons. The van der Waals surface area contributed by atoms with Crippen molar-refractivity contribution in [2.75, 3.05) is 13.2 Å². The Kier molecular flexibility index (Phi) is 9.08. The number of carbonyl (C=O) groups excluding carboxylic acids is 4. The second-order valence-electron chi connectivity index (χ2n) is 10.6. The first-order valence-corrected chi connectivity index (χ1v) is 14.1. The number of hydrogen-bond acceptors (Lipinski definition) is 6. The van der Waals surface area contributed by atoms with E-state index in [0.717, 1.165) is 16.7 Å². The van der Waals surface area contributed by atoms with Crippen molar-refractivity contribution in [3.8, 4) is 0 Å². The molecule has 8 nitrogen and oxygen atoms in total. The number of cyclic esters (lactones) is 2. The van der Waals surface area contributed by atoms with Crippen molar-refractivity contribution in [3.63, 3.8) is 0 Å². The Hall–Kier alpha value is -4.46. The molecule has 3 aromatic carbocycles. The van der Waals surface area contributed by atoms with E-state index in [2.05, 4.69) is 0 Å². The third kappa shape index (κ3) is 7.01. The summed E-state index contributed by atoms with van der Waals surface area (Å²) in [5.41, 5.74) is 3.00. The van der Waals surface area contributed by atoms with Crippen molar-refractivity contribution < 1.29 is 28.7 Å². The number of imide groups is 2. The van der Waals surface area contributed by atoms with Crippen LogP contribution in [0.2, 0.25) is 0 Å². The van der Waals surface area contributed by atoms with Crippen LogP contribution in [-0.4, -0.2) is 59.1 Å². The van der Waals surface area contributed by atoms with Crippen molar-refractivity contribution in [1.82, 2.24) is 9.80 Å². The average Bonchev–Trinajstić information content (AvgIpc) is 3.54. The first kappa shape index (κ1) is 28.1. The van der Waals surface area contributed by atoms with Crippen LogP contribution in [0.1, 0.15) is 36.0 Å². The third-order valence-electron chi connectivity index (χ3n) is 7.67. The second-order valence-corrected chi connectivity index (χ2v) is 10.6. The zero-order chi connectivity index (χ0) is 28.6. The van der Waals surface area contributed by atoms with Gasteiger partial charge >= 0.3 is 12.2 Å². The lowest BCUT2D eigenvalue weighted by atomic mass is 9.91. The van der Waals surface area contributed by atoms with Gasteiger partial charge in [-0.3, -0.25) is 9.59 Å². The fraction of sp³-hybridized carbons (Fsp3) is 0.333. The van der Waals surface area contributed by atoms with Crippen molar-refractivity contribution >= 4 is 24.0 Å². The summed E-state index contributed by atoms with van der Waals surface area (Å²) >= 11 is 0. The van der Waals surface area contributed by atoms with E-state index in [1.807, 2.05) is 91.0 Å². The van der Waals surface area contributed by atoms with E-state index < -0.39 is 24.1 Å². The monoisotopic (exact) mass is 554 g/mol. The lowest BCUT2D eigenvalue weighted by Gasteiger charge is -2.25. The van der Waals surface area contributed by atoms with Crippen LogP contribution >= 0.6 is 0 Å². The molecule has 0 bridgehead atoms. The van der Waals surface area contributed by atoms with Crippen molar-refractivity contribution in [3.05, 3.63) is 108 Å². The van der Waals surface area contributed by atoms with E-state index in [-0.39, 0.29) is 37.5 Å². The molecule has 2 aliphatic rings. The highest BCUT2D eigenvalue weighted by atomic mass is 16.6. The molecule has 5 rings (SSSR count). The highest BCUT2D eigenvalue weighted by Gasteiger charge is 2.41. The maximum absolute atomic E-state index is 13.9. The highest BCUT2D eigenvalue weighted by molar-refractivity contribution is 5.95. The Morgan fingerprint density at radius 2 is 1.15 bits per heavy atom. The summed E-state index contributed by atoms with van der Waals surface area (Å²) in [6.07, 6.45) is 1.06. The number of amides is 4. The molecule has 2 saturated heterocycles. The quantitative estimate of drug-likeness (QED) is 0.324. The van der Waals surface area contributed by atoms with Gasteiger partial charge in [0, 0.05) is 12.3 Å². The zero-order valence-electron chi connectivity index (χ0n) is 22.9. The van der Waals surface area contributed by atoms with Crippen LogP contribution < -0.4 is 0 Å². The first-order chi connectivity index (χ1) is 20.0. The number of hydrogen-bond donors (Lipinski definition) is 0. The smallest absolute Gasteiger partial charge is 0.416 e. The average molecular weight is 555 g/mol. The zero-order valence-corrected chi connectivity index (χ0v) is 22.9. The van der Waals surface area contributed by atoms with Crippen LogP contribution in [0.25, 0.3) is 0 Å². The van der Waals surface area contributed by atoms with E-state index in [4.69, 9.17) is 9.47 Å². The summed E-state index contributed by atoms with van der Waals surface area (Å²) < 4.78 is 10.5. The molecule has 8 heteroatoms. The summed E-state index contributed by atoms with van der Waals surface area (Å²) in [6, 6.07) is 28.3. The Morgan fingerprint density at radius 3 is 1.68 bits per heavy atom. The largest absolute Gasteiger partial charge is 0.447 e. The maximum Gasteiger partial charge on any atom is 0.416 e. The summed E-state index contributed by atoms with van der Waals surface area (Å²) in [5, 5.41) is 0. The van der Waals surface area contributed by atoms with E-state index in [0.29, 0.717) is 32.1 Å². The maximum atomic E-state index is 13.9. The molecule has 2 aliphatic heterocycles. The van der Waals surface area contributed by atoms with Crippen LogP contribution in [0.15, 0.2) is 91.0 Å². The summed E-state index contributed by atoms with van der Waals surface area (Å²) in [5.74, 6) is -1.14. The molecule has 0 aliphatic carbocycles. The fourth-order valence-electron chi connectivity index (χ4n) is 5.60. The van der Waals surface area contributed by atoms with Gasteiger partial charge in [0.15, 0.2) is 0 Å². The number of benzene rings is 3. The first-order valence-electron chi connectivity index (χ1n) is 14.1. The van der Waals surface area contributed by atoms with Gasteiger partial charge in [-0.2, -0.15) is 0 Å². The molecule has 41 heavy (non-hydrogen) atoms. The van der Waals surface area contributed by atoms with Crippen molar-refractivity contribution in [2.24, 2.45) is 5.92 Å². The lowest BCUT2D eigenvalue weighted by molar-refractivity contribution is -0.134.